The van der Waals surface area contributed by atoms with Crippen molar-refractivity contribution in [3.63, 3.8) is 0 Å². The second-order valence-electron chi connectivity index (χ2n) is 5.20. The first kappa shape index (κ1) is 16.9. The fraction of sp³-hybridized carbons (Fsp3) is 0.316. The van der Waals surface area contributed by atoms with Gasteiger partial charge in [-0.15, -0.1) is 0 Å². The number of para-hydroxylation sites is 3. The van der Waals surface area contributed by atoms with E-state index in [1.54, 1.807) is 13.3 Å². The van der Waals surface area contributed by atoms with Crippen molar-refractivity contribution in [2.75, 3.05) is 13.7 Å². The van der Waals surface area contributed by atoms with E-state index in [2.05, 4.69) is 4.99 Å². The van der Waals surface area contributed by atoms with E-state index >= 15 is 0 Å². The predicted molar refractivity (Wildman–Crippen MR) is 93.6 cm³/mol. The van der Waals surface area contributed by atoms with Crippen LogP contribution < -0.4 is 14.2 Å². The molecule has 0 aliphatic carbocycles. The van der Waals surface area contributed by atoms with Gasteiger partial charge in [0.25, 0.3) is 0 Å². The molecule has 4 nitrogen and oxygen atoms in total. The van der Waals surface area contributed by atoms with Crippen LogP contribution in [0.3, 0.4) is 0 Å². The summed E-state index contributed by atoms with van der Waals surface area (Å²) in [5, 5.41) is 0. The molecule has 0 unspecified atom stereocenters. The zero-order chi connectivity index (χ0) is 16.7. The number of hydrogen-bond donors (Lipinski definition) is 0. The molecule has 23 heavy (non-hydrogen) atoms. The molecule has 0 aliphatic heterocycles. The Kier molecular flexibility index (Phi) is 6.03. The van der Waals surface area contributed by atoms with Crippen LogP contribution in [0, 0.1) is 0 Å². The molecular formula is C19H23NO3. The van der Waals surface area contributed by atoms with E-state index in [-0.39, 0.29) is 6.10 Å². The molecule has 2 aromatic carbocycles. The van der Waals surface area contributed by atoms with Gasteiger partial charge in [-0.2, -0.15) is 0 Å². The van der Waals surface area contributed by atoms with Gasteiger partial charge in [-0.3, -0.25) is 4.99 Å². The lowest BCUT2D eigenvalue weighted by Gasteiger charge is -2.15. The van der Waals surface area contributed by atoms with Crippen LogP contribution in [0.25, 0.3) is 0 Å². The van der Waals surface area contributed by atoms with Crippen molar-refractivity contribution in [2.24, 2.45) is 4.99 Å². The molecule has 0 atom stereocenters. The van der Waals surface area contributed by atoms with Gasteiger partial charge < -0.3 is 14.2 Å². The summed E-state index contributed by atoms with van der Waals surface area (Å²) >= 11 is 0. The molecule has 0 amide bonds. The van der Waals surface area contributed by atoms with E-state index < -0.39 is 0 Å². The molecule has 0 bridgehead atoms. The maximum Gasteiger partial charge on any atom is 0.170 e. The zero-order valence-corrected chi connectivity index (χ0v) is 14.1. The molecule has 0 aromatic heterocycles. The number of aliphatic imine (C=N–C) groups is 1. The lowest BCUT2D eigenvalue weighted by molar-refractivity contribution is 0.230. The molecule has 0 saturated heterocycles. The van der Waals surface area contributed by atoms with Crippen molar-refractivity contribution in [3.8, 4) is 17.2 Å². The third-order valence-corrected chi connectivity index (χ3v) is 3.09. The molecule has 0 fully saturated rings. The van der Waals surface area contributed by atoms with Gasteiger partial charge in [-0.1, -0.05) is 18.2 Å². The lowest BCUT2D eigenvalue weighted by atomic mass is 10.2. The fourth-order valence-corrected chi connectivity index (χ4v) is 2.14. The topological polar surface area (TPSA) is 40.0 Å². The summed E-state index contributed by atoms with van der Waals surface area (Å²) in [6.07, 6.45) is 1.83. The second kappa shape index (κ2) is 8.22. The van der Waals surface area contributed by atoms with Gasteiger partial charge in [0.1, 0.15) is 11.4 Å². The monoisotopic (exact) mass is 313 g/mol. The lowest BCUT2D eigenvalue weighted by Crippen LogP contribution is -2.08. The SMILES string of the molecule is CCOc1ccccc1N=Cc1cccc(OC)c1OC(C)C. The molecule has 0 radical (unpaired) electrons. The van der Waals surface area contributed by atoms with Gasteiger partial charge in [0.2, 0.25) is 0 Å². The van der Waals surface area contributed by atoms with Crippen molar-refractivity contribution in [1.29, 1.82) is 0 Å². The average Bonchev–Trinajstić information content (AvgIpc) is 2.55. The van der Waals surface area contributed by atoms with Crippen LogP contribution in [0.15, 0.2) is 47.5 Å². The summed E-state index contributed by atoms with van der Waals surface area (Å²) in [7, 11) is 1.63. The predicted octanol–water partition coefficient (Wildman–Crippen LogP) is 4.63. The van der Waals surface area contributed by atoms with E-state index in [1.807, 2.05) is 63.2 Å². The van der Waals surface area contributed by atoms with Crippen molar-refractivity contribution in [1.82, 2.24) is 0 Å². The Morgan fingerprint density at radius 1 is 1.04 bits per heavy atom. The van der Waals surface area contributed by atoms with Crippen LogP contribution in [0.1, 0.15) is 26.3 Å². The largest absolute Gasteiger partial charge is 0.493 e. The molecule has 0 N–H and O–H groups in total. The van der Waals surface area contributed by atoms with E-state index in [1.165, 1.54) is 0 Å². The molecule has 0 saturated carbocycles. The Bertz CT molecular complexity index is 665. The van der Waals surface area contributed by atoms with Crippen LogP contribution in [-0.4, -0.2) is 26.0 Å². The van der Waals surface area contributed by atoms with Crippen LogP contribution in [-0.2, 0) is 0 Å². The summed E-state index contributed by atoms with van der Waals surface area (Å²) in [6, 6.07) is 13.4. The second-order valence-corrected chi connectivity index (χ2v) is 5.20. The number of nitrogens with zero attached hydrogens (tertiary/aromatic N) is 1. The van der Waals surface area contributed by atoms with Gasteiger partial charge in [-0.25, -0.2) is 0 Å². The van der Waals surface area contributed by atoms with E-state index in [0.717, 1.165) is 17.0 Å². The minimum atomic E-state index is 0.0501. The van der Waals surface area contributed by atoms with Crippen molar-refractivity contribution in [3.05, 3.63) is 48.0 Å². The van der Waals surface area contributed by atoms with Gasteiger partial charge in [0.05, 0.1) is 19.8 Å². The van der Waals surface area contributed by atoms with Crippen molar-refractivity contribution >= 4 is 11.9 Å². The van der Waals surface area contributed by atoms with Crippen molar-refractivity contribution < 1.29 is 14.2 Å². The molecule has 0 aliphatic rings. The molecule has 122 valence electrons. The van der Waals surface area contributed by atoms with Gasteiger partial charge in [0, 0.05) is 11.8 Å². The molecule has 0 heterocycles. The first-order chi connectivity index (χ1) is 11.2. The third-order valence-electron chi connectivity index (χ3n) is 3.09. The van der Waals surface area contributed by atoms with E-state index in [4.69, 9.17) is 14.2 Å². The highest BCUT2D eigenvalue weighted by molar-refractivity contribution is 5.87. The fourth-order valence-electron chi connectivity index (χ4n) is 2.14. The highest BCUT2D eigenvalue weighted by atomic mass is 16.5. The smallest absolute Gasteiger partial charge is 0.170 e. The van der Waals surface area contributed by atoms with Crippen LogP contribution >= 0.6 is 0 Å². The highest BCUT2D eigenvalue weighted by Gasteiger charge is 2.11. The summed E-state index contributed by atoms with van der Waals surface area (Å²) < 4.78 is 16.9. The van der Waals surface area contributed by atoms with Crippen LogP contribution in [0.5, 0.6) is 17.2 Å². The molecule has 4 heteroatoms. The Balaban J connectivity index is 2.36. The number of hydrogen-bond acceptors (Lipinski definition) is 4. The number of rotatable bonds is 7. The zero-order valence-electron chi connectivity index (χ0n) is 14.1. The summed E-state index contributed by atoms with van der Waals surface area (Å²) in [5.74, 6) is 2.16. The minimum absolute atomic E-state index is 0.0501. The van der Waals surface area contributed by atoms with Gasteiger partial charge in [-0.05, 0) is 45.0 Å². The minimum Gasteiger partial charge on any atom is -0.493 e. The van der Waals surface area contributed by atoms with E-state index in [0.29, 0.717) is 18.1 Å². The maximum absolute atomic E-state index is 5.89. The molecule has 0 spiro atoms. The quantitative estimate of drug-likeness (QED) is 0.700. The average molecular weight is 313 g/mol. The van der Waals surface area contributed by atoms with Crippen molar-refractivity contribution in [2.45, 2.75) is 26.9 Å². The van der Waals surface area contributed by atoms with Gasteiger partial charge in [0.15, 0.2) is 11.5 Å². The summed E-state index contributed by atoms with van der Waals surface area (Å²) in [4.78, 5) is 4.55. The Hall–Kier alpha value is -2.49. The molecular weight excluding hydrogens is 290 g/mol. The van der Waals surface area contributed by atoms with Crippen LogP contribution in [0.2, 0.25) is 0 Å². The third kappa shape index (κ3) is 4.49. The summed E-state index contributed by atoms with van der Waals surface area (Å²) in [6.45, 7) is 6.53. The molecule has 2 aromatic rings. The number of methoxy groups -OCH3 is 1. The first-order valence-electron chi connectivity index (χ1n) is 7.75. The van der Waals surface area contributed by atoms with Gasteiger partial charge >= 0.3 is 0 Å². The first-order valence-corrected chi connectivity index (χ1v) is 7.75. The number of ether oxygens (including phenoxy) is 3. The Labute approximate surface area is 137 Å². The molecule has 2 rings (SSSR count). The van der Waals surface area contributed by atoms with Crippen LogP contribution in [0.4, 0.5) is 5.69 Å². The van der Waals surface area contributed by atoms with E-state index in [9.17, 15) is 0 Å². The standard InChI is InChI=1S/C19H23NO3/c1-5-22-17-11-7-6-10-16(17)20-13-15-9-8-12-18(21-4)19(15)23-14(2)3/h6-14H,5H2,1-4H3. The maximum atomic E-state index is 5.89. The summed E-state index contributed by atoms with van der Waals surface area (Å²) in [5.41, 5.74) is 1.65. The Morgan fingerprint density at radius 2 is 1.78 bits per heavy atom. The Morgan fingerprint density at radius 3 is 2.48 bits per heavy atom. The number of benzene rings is 2. The highest BCUT2D eigenvalue weighted by Crippen LogP contribution is 2.32. The normalized spacial score (nSPS) is 11.0.